The number of alkyl halides is 1. The number of carbonyl (C=O) groups excluding carboxylic acids is 1. The number of hydrogen-bond acceptors (Lipinski definition) is 3. The highest BCUT2D eigenvalue weighted by molar-refractivity contribution is 6.17. The minimum Gasteiger partial charge on any atom is -0.493 e. The van der Waals surface area contributed by atoms with Crippen LogP contribution in [0, 0.1) is 20.8 Å². The third kappa shape index (κ3) is 4.43. The Hall–Kier alpha value is -1.22. The van der Waals surface area contributed by atoms with Gasteiger partial charge in [-0.2, -0.15) is 0 Å². The van der Waals surface area contributed by atoms with Crippen molar-refractivity contribution < 1.29 is 14.3 Å². The summed E-state index contributed by atoms with van der Waals surface area (Å²) in [5.74, 6) is 1.84. The predicted octanol–water partition coefficient (Wildman–Crippen LogP) is 3.93. The fourth-order valence-electron chi connectivity index (χ4n) is 1.85. The lowest BCUT2D eigenvalue weighted by Crippen LogP contribution is -2.07. The van der Waals surface area contributed by atoms with Crippen LogP contribution in [0.4, 0.5) is 0 Å². The van der Waals surface area contributed by atoms with Gasteiger partial charge in [-0.15, -0.1) is 11.6 Å². The number of ether oxygens (including phenoxy) is 2. The first-order valence-electron chi connectivity index (χ1n) is 6.45. The molecule has 0 amide bonds. The highest BCUT2D eigenvalue weighted by Gasteiger charge is 2.13. The van der Waals surface area contributed by atoms with E-state index in [0.717, 1.165) is 35.3 Å². The fourth-order valence-corrected chi connectivity index (χ4v) is 2.04. The Balaban J connectivity index is 2.88. The largest absolute Gasteiger partial charge is 0.493 e. The molecule has 1 aromatic rings. The Morgan fingerprint density at radius 1 is 1.21 bits per heavy atom. The molecule has 1 aromatic carbocycles. The quantitative estimate of drug-likeness (QED) is 0.344. The van der Waals surface area contributed by atoms with E-state index in [-0.39, 0.29) is 5.97 Å². The highest BCUT2D eigenvalue weighted by atomic mass is 35.5. The number of esters is 1. The number of benzene rings is 1. The zero-order valence-corrected chi connectivity index (χ0v) is 12.8. The first-order chi connectivity index (χ1) is 8.97. The van der Waals surface area contributed by atoms with Gasteiger partial charge in [0.2, 0.25) is 0 Å². The third-order valence-electron chi connectivity index (χ3n) is 3.01. The normalized spacial score (nSPS) is 10.4. The number of rotatable bonds is 6. The van der Waals surface area contributed by atoms with Gasteiger partial charge < -0.3 is 9.47 Å². The Bertz CT molecular complexity index is 455. The monoisotopic (exact) mass is 284 g/mol. The van der Waals surface area contributed by atoms with E-state index in [4.69, 9.17) is 21.1 Å². The topological polar surface area (TPSA) is 35.5 Å². The summed E-state index contributed by atoms with van der Waals surface area (Å²) in [5, 5.41) is 0. The van der Waals surface area contributed by atoms with Gasteiger partial charge in [0, 0.05) is 12.8 Å². The molecule has 4 heteroatoms. The van der Waals surface area contributed by atoms with Gasteiger partial charge in [0.25, 0.3) is 0 Å². The molecule has 0 saturated carbocycles. The lowest BCUT2D eigenvalue weighted by Gasteiger charge is -2.16. The lowest BCUT2D eigenvalue weighted by molar-refractivity contribution is -0.131. The highest BCUT2D eigenvalue weighted by Crippen LogP contribution is 2.33. The number of carbonyl (C=O) groups is 1. The van der Waals surface area contributed by atoms with Crippen molar-refractivity contribution in [1.29, 1.82) is 0 Å². The first-order valence-corrected chi connectivity index (χ1v) is 6.98. The van der Waals surface area contributed by atoms with Gasteiger partial charge in [-0.05, 0) is 56.4 Å². The molecule has 0 aliphatic rings. The van der Waals surface area contributed by atoms with Crippen molar-refractivity contribution in [2.45, 2.75) is 40.5 Å². The molecule has 0 saturated heterocycles. The van der Waals surface area contributed by atoms with E-state index in [1.165, 1.54) is 6.92 Å². The molecule has 0 aliphatic heterocycles. The molecule has 0 bridgehead atoms. The van der Waals surface area contributed by atoms with Crippen molar-refractivity contribution in [2.75, 3.05) is 12.5 Å². The van der Waals surface area contributed by atoms with Crippen LogP contribution in [-0.2, 0) is 4.79 Å². The minimum atomic E-state index is -0.304. The van der Waals surface area contributed by atoms with Gasteiger partial charge >= 0.3 is 5.97 Å². The smallest absolute Gasteiger partial charge is 0.308 e. The molecule has 1 rings (SSSR count). The van der Waals surface area contributed by atoms with Gasteiger partial charge in [0.15, 0.2) is 0 Å². The summed E-state index contributed by atoms with van der Waals surface area (Å²) in [4.78, 5) is 11.1. The lowest BCUT2D eigenvalue weighted by atomic mass is 10.0. The molecule has 0 atom stereocenters. The van der Waals surface area contributed by atoms with Gasteiger partial charge in [0.1, 0.15) is 11.5 Å². The number of halogens is 1. The van der Waals surface area contributed by atoms with Crippen molar-refractivity contribution in [2.24, 2.45) is 0 Å². The van der Waals surface area contributed by atoms with Crippen molar-refractivity contribution in [1.82, 2.24) is 0 Å². The average molecular weight is 285 g/mol. The standard InChI is InChI=1S/C15H21ClO3/c1-10-9-14(18-8-6-5-7-16)11(2)12(3)15(10)19-13(4)17/h9H,5-8H2,1-4H3. The summed E-state index contributed by atoms with van der Waals surface area (Å²) in [7, 11) is 0. The van der Waals surface area contributed by atoms with Crippen molar-refractivity contribution >= 4 is 17.6 Å². The van der Waals surface area contributed by atoms with E-state index in [1.54, 1.807) is 0 Å². The number of aryl methyl sites for hydroxylation is 1. The van der Waals surface area contributed by atoms with Gasteiger partial charge in [-0.25, -0.2) is 0 Å². The van der Waals surface area contributed by atoms with Crippen LogP contribution in [0.5, 0.6) is 11.5 Å². The molecule has 0 radical (unpaired) electrons. The van der Waals surface area contributed by atoms with E-state index < -0.39 is 0 Å². The molecule has 106 valence electrons. The zero-order chi connectivity index (χ0) is 14.4. The van der Waals surface area contributed by atoms with Gasteiger partial charge in [-0.3, -0.25) is 4.79 Å². The van der Waals surface area contributed by atoms with Crippen LogP contribution in [0.2, 0.25) is 0 Å². The molecule has 0 fully saturated rings. The summed E-state index contributed by atoms with van der Waals surface area (Å²) in [5.41, 5.74) is 2.86. The molecule has 0 spiro atoms. The molecule has 19 heavy (non-hydrogen) atoms. The molecule has 0 heterocycles. The zero-order valence-electron chi connectivity index (χ0n) is 12.0. The Morgan fingerprint density at radius 2 is 1.89 bits per heavy atom. The maximum atomic E-state index is 11.1. The number of unbranched alkanes of at least 4 members (excludes halogenated alkanes) is 1. The second-order valence-electron chi connectivity index (χ2n) is 4.61. The minimum absolute atomic E-state index is 0.304. The van der Waals surface area contributed by atoms with Crippen LogP contribution in [-0.4, -0.2) is 18.5 Å². The van der Waals surface area contributed by atoms with Crippen LogP contribution in [0.25, 0.3) is 0 Å². The number of hydrogen-bond donors (Lipinski definition) is 0. The van der Waals surface area contributed by atoms with Gasteiger partial charge in [-0.1, -0.05) is 0 Å². The molecular formula is C15H21ClO3. The Morgan fingerprint density at radius 3 is 2.47 bits per heavy atom. The van der Waals surface area contributed by atoms with Crippen molar-refractivity contribution in [3.63, 3.8) is 0 Å². The Labute approximate surface area is 119 Å². The summed E-state index contributed by atoms with van der Waals surface area (Å²) >= 11 is 5.63. The van der Waals surface area contributed by atoms with E-state index in [9.17, 15) is 4.79 Å². The van der Waals surface area contributed by atoms with Crippen LogP contribution in [0.3, 0.4) is 0 Å². The van der Waals surface area contributed by atoms with E-state index >= 15 is 0 Å². The van der Waals surface area contributed by atoms with E-state index in [1.807, 2.05) is 26.8 Å². The summed E-state index contributed by atoms with van der Waals surface area (Å²) in [6.07, 6.45) is 1.89. The summed E-state index contributed by atoms with van der Waals surface area (Å²) in [6.45, 7) is 7.88. The maximum absolute atomic E-state index is 11.1. The van der Waals surface area contributed by atoms with Crippen LogP contribution >= 0.6 is 11.6 Å². The SMILES string of the molecule is CC(=O)Oc1c(C)cc(OCCCCCl)c(C)c1C. The fraction of sp³-hybridized carbons (Fsp3) is 0.533. The van der Waals surface area contributed by atoms with Crippen LogP contribution in [0.15, 0.2) is 6.07 Å². The predicted molar refractivity (Wildman–Crippen MR) is 77.4 cm³/mol. The maximum Gasteiger partial charge on any atom is 0.308 e. The molecule has 0 aromatic heterocycles. The van der Waals surface area contributed by atoms with E-state index in [0.29, 0.717) is 18.2 Å². The summed E-state index contributed by atoms with van der Waals surface area (Å²) in [6, 6.07) is 1.92. The first kappa shape index (κ1) is 15.8. The van der Waals surface area contributed by atoms with Crippen molar-refractivity contribution in [3.8, 4) is 11.5 Å². The van der Waals surface area contributed by atoms with Crippen LogP contribution in [0.1, 0.15) is 36.5 Å². The van der Waals surface area contributed by atoms with Gasteiger partial charge in [0.05, 0.1) is 6.61 Å². The molecular weight excluding hydrogens is 264 g/mol. The second-order valence-corrected chi connectivity index (χ2v) is 4.99. The van der Waals surface area contributed by atoms with Crippen LogP contribution < -0.4 is 9.47 Å². The average Bonchev–Trinajstić information content (AvgIpc) is 2.36. The van der Waals surface area contributed by atoms with E-state index in [2.05, 4.69) is 0 Å². The molecule has 3 nitrogen and oxygen atoms in total. The second kappa shape index (κ2) is 7.39. The Kier molecular flexibility index (Phi) is 6.16. The molecule has 0 N–H and O–H groups in total. The molecule has 0 unspecified atom stereocenters. The summed E-state index contributed by atoms with van der Waals surface area (Å²) < 4.78 is 11.0. The third-order valence-corrected chi connectivity index (χ3v) is 3.28. The van der Waals surface area contributed by atoms with Crippen molar-refractivity contribution in [3.05, 3.63) is 22.8 Å². The molecule has 0 aliphatic carbocycles.